The molecule has 0 saturated carbocycles. The Labute approximate surface area is 87.6 Å². The van der Waals surface area contributed by atoms with Crippen molar-refractivity contribution in [2.75, 3.05) is 11.6 Å². The molecular formula is C10H13N3O2. The number of nitrogens with two attached hydrogens (primary N) is 2. The summed E-state index contributed by atoms with van der Waals surface area (Å²) in [7, 11) is 0. The standard InChI is InChI=1S/C10H13N3O2/c11-9(7-15)5-13(12)10-3-1-8(6-14)2-4-10/h1-6,15H,7,11-12H2/b9-5-. The summed E-state index contributed by atoms with van der Waals surface area (Å²) in [5, 5.41) is 9.97. The lowest BCUT2D eigenvalue weighted by Gasteiger charge is -2.14. The number of aldehydes is 1. The largest absolute Gasteiger partial charge is 0.399 e. The topological polar surface area (TPSA) is 92.6 Å². The van der Waals surface area contributed by atoms with E-state index in [0.717, 1.165) is 6.29 Å². The number of carbonyl (C=O) groups is 1. The molecular weight excluding hydrogens is 194 g/mol. The molecule has 0 radical (unpaired) electrons. The van der Waals surface area contributed by atoms with Crippen molar-refractivity contribution in [3.05, 3.63) is 41.7 Å². The van der Waals surface area contributed by atoms with Gasteiger partial charge in [-0.25, -0.2) is 5.84 Å². The Morgan fingerprint density at radius 2 is 2.00 bits per heavy atom. The third-order valence-corrected chi connectivity index (χ3v) is 1.81. The summed E-state index contributed by atoms with van der Waals surface area (Å²) in [6, 6.07) is 6.66. The lowest BCUT2D eigenvalue weighted by atomic mass is 10.2. The van der Waals surface area contributed by atoms with Gasteiger partial charge in [0.15, 0.2) is 0 Å². The molecule has 1 rings (SSSR count). The van der Waals surface area contributed by atoms with E-state index in [1.807, 2.05) is 0 Å². The number of anilines is 1. The molecule has 0 aromatic heterocycles. The van der Waals surface area contributed by atoms with Crippen LogP contribution in [0.1, 0.15) is 10.4 Å². The zero-order chi connectivity index (χ0) is 11.3. The summed E-state index contributed by atoms with van der Waals surface area (Å²) >= 11 is 0. The van der Waals surface area contributed by atoms with Crippen LogP contribution in [0.25, 0.3) is 0 Å². The second-order valence-electron chi connectivity index (χ2n) is 2.98. The van der Waals surface area contributed by atoms with Crippen LogP contribution < -0.4 is 16.6 Å². The molecule has 0 atom stereocenters. The first-order chi connectivity index (χ1) is 7.17. The van der Waals surface area contributed by atoms with Gasteiger partial charge in [0.1, 0.15) is 6.29 Å². The maximum absolute atomic E-state index is 10.4. The third-order valence-electron chi connectivity index (χ3n) is 1.81. The molecule has 0 heterocycles. The monoisotopic (exact) mass is 207 g/mol. The summed E-state index contributed by atoms with van der Waals surface area (Å²) in [5.41, 5.74) is 6.91. The molecule has 0 unspecified atom stereocenters. The molecule has 15 heavy (non-hydrogen) atoms. The smallest absolute Gasteiger partial charge is 0.150 e. The van der Waals surface area contributed by atoms with Crippen LogP contribution >= 0.6 is 0 Å². The van der Waals surface area contributed by atoms with Crippen molar-refractivity contribution < 1.29 is 9.90 Å². The van der Waals surface area contributed by atoms with Crippen molar-refractivity contribution in [2.24, 2.45) is 11.6 Å². The normalized spacial score (nSPS) is 11.2. The van der Waals surface area contributed by atoms with Gasteiger partial charge in [-0.1, -0.05) is 0 Å². The lowest BCUT2D eigenvalue weighted by molar-refractivity contribution is 0.112. The number of rotatable bonds is 4. The van der Waals surface area contributed by atoms with E-state index in [9.17, 15) is 4.79 Å². The minimum absolute atomic E-state index is 0.250. The van der Waals surface area contributed by atoms with Gasteiger partial charge in [-0.2, -0.15) is 0 Å². The maximum Gasteiger partial charge on any atom is 0.150 e. The molecule has 80 valence electrons. The zero-order valence-electron chi connectivity index (χ0n) is 8.13. The van der Waals surface area contributed by atoms with Crippen molar-refractivity contribution >= 4 is 12.0 Å². The molecule has 0 fully saturated rings. The van der Waals surface area contributed by atoms with Crippen LogP contribution in [0, 0.1) is 0 Å². The van der Waals surface area contributed by atoms with Crippen molar-refractivity contribution in [1.29, 1.82) is 0 Å². The summed E-state index contributed by atoms with van der Waals surface area (Å²) in [6.45, 7) is -0.250. The van der Waals surface area contributed by atoms with Gasteiger partial charge in [0, 0.05) is 11.8 Å². The second-order valence-corrected chi connectivity index (χ2v) is 2.98. The average molecular weight is 207 g/mol. The van der Waals surface area contributed by atoms with Crippen molar-refractivity contribution in [2.45, 2.75) is 0 Å². The van der Waals surface area contributed by atoms with E-state index in [4.69, 9.17) is 16.7 Å². The van der Waals surface area contributed by atoms with Gasteiger partial charge in [-0.05, 0) is 24.3 Å². The fraction of sp³-hybridized carbons (Fsp3) is 0.100. The molecule has 0 bridgehead atoms. The zero-order valence-corrected chi connectivity index (χ0v) is 8.13. The minimum Gasteiger partial charge on any atom is -0.399 e. The van der Waals surface area contributed by atoms with Gasteiger partial charge in [-0.15, -0.1) is 0 Å². The lowest BCUT2D eigenvalue weighted by Crippen LogP contribution is -2.26. The quantitative estimate of drug-likeness (QED) is 0.366. The Hall–Kier alpha value is -1.85. The van der Waals surface area contributed by atoms with Crippen LogP contribution in [-0.4, -0.2) is 18.0 Å². The van der Waals surface area contributed by atoms with Crippen molar-refractivity contribution in [3.63, 3.8) is 0 Å². The number of benzene rings is 1. The molecule has 0 aliphatic rings. The highest BCUT2D eigenvalue weighted by Crippen LogP contribution is 2.12. The number of carbonyl (C=O) groups excluding carboxylic acids is 1. The van der Waals surface area contributed by atoms with Gasteiger partial charge < -0.3 is 10.8 Å². The number of hydrogen-bond donors (Lipinski definition) is 3. The SMILES string of the molecule is N/C(=C\N(N)c1ccc(C=O)cc1)CO. The van der Waals surface area contributed by atoms with E-state index in [1.54, 1.807) is 24.3 Å². The number of hydrogen-bond acceptors (Lipinski definition) is 5. The van der Waals surface area contributed by atoms with E-state index < -0.39 is 0 Å². The van der Waals surface area contributed by atoms with Crippen LogP contribution in [0.5, 0.6) is 0 Å². The van der Waals surface area contributed by atoms with Gasteiger partial charge >= 0.3 is 0 Å². The van der Waals surface area contributed by atoms with E-state index >= 15 is 0 Å². The van der Waals surface area contributed by atoms with Gasteiger partial charge in [0.2, 0.25) is 0 Å². The highest BCUT2D eigenvalue weighted by atomic mass is 16.3. The number of nitrogens with zero attached hydrogens (tertiary/aromatic N) is 1. The Morgan fingerprint density at radius 3 is 2.47 bits per heavy atom. The summed E-state index contributed by atoms with van der Waals surface area (Å²) in [6.07, 6.45) is 2.17. The minimum atomic E-state index is -0.250. The molecule has 1 aromatic rings. The van der Waals surface area contributed by atoms with E-state index in [1.165, 1.54) is 11.2 Å². The Morgan fingerprint density at radius 1 is 1.40 bits per heavy atom. The second kappa shape index (κ2) is 5.14. The van der Waals surface area contributed by atoms with Crippen LogP contribution in [0.4, 0.5) is 5.69 Å². The summed E-state index contributed by atoms with van der Waals surface area (Å²) in [4.78, 5) is 10.4. The van der Waals surface area contributed by atoms with Crippen LogP contribution in [0.3, 0.4) is 0 Å². The molecule has 5 heteroatoms. The van der Waals surface area contributed by atoms with E-state index in [-0.39, 0.29) is 12.3 Å². The van der Waals surface area contributed by atoms with Crippen LogP contribution in [-0.2, 0) is 0 Å². The third kappa shape index (κ3) is 3.08. The molecule has 5 nitrogen and oxygen atoms in total. The van der Waals surface area contributed by atoms with Gasteiger partial charge in [0.25, 0.3) is 0 Å². The molecule has 0 amide bonds. The van der Waals surface area contributed by atoms with Crippen molar-refractivity contribution in [1.82, 2.24) is 0 Å². The maximum atomic E-state index is 10.4. The molecule has 0 saturated heterocycles. The number of aliphatic hydroxyl groups is 1. The highest BCUT2D eigenvalue weighted by Gasteiger charge is 1.99. The Balaban J connectivity index is 2.82. The predicted octanol–water partition coefficient (Wildman–Crippen LogP) is -0.0284. The molecule has 1 aromatic carbocycles. The fourth-order valence-corrected chi connectivity index (χ4v) is 1.02. The van der Waals surface area contributed by atoms with Crippen LogP contribution in [0.15, 0.2) is 36.2 Å². The Bertz CT molecular complexity index is 359. The first-order valence-electron chi connectivity index (χ1n) is 4.33. The average Bonchev–Trinajstić information content (AvgIpc) is 2.29. The van der Waals surface area contributed by atoms with Crippen molar-refractivity contribution in [3.8, 4) is 0 Å². The highest BCUT2D eigenvalue weighted by molar-refractivity contribution is 5.75. The molecule has 5 N–H and O–H groups in total. The molecule has 0 aliphatic carbocycles. The summed E-state index contributed by atoms with van der Waals surface area (Å²) in [5.74, 6) is 5.64. The first-order valence-corrected chi connectivity index (χ1v) is 4.33. The van der Waals surface area contributed by atoms with Gasteiger partial charge in [0.05, 0.1) is 18.0 Å². The molecule has 0 aliphatic heterocycles. The number of hydrazine groups is 1. The van der Waals surface area contributed by atoms with E-state index in [2.05, 4.69) is 0 Å². The van der Waals surface area contributed by atoms with E-state index in [0.29, 0.717) is 11.3 Å². The molecule has 0 spiro atoms. The first kappa shape index (κ1) is 11.2. The fourth-order valence-electron chi connectivity index (χ4n) is 1.02. The summed E-state index contributed by atoms with van der Waals surface area (Å²) < 4.78 is 0. The van der Waals surface area contributed by atoms with Crippen LogP contribution in [0.2, 0.25) is 0 Å². The Kier molecular flexibility index (Phi) is 3.84. The predicted molar refractivity (Wildman–Crippen MR) is 57.9 cm³/mol. The number of aliphatic hydroxyl groups excluding tert-OH is 1. The van der Waals surface area contributed by atoms with Gasteiger partial charge in [-0.3, -0.25) is 9.80 Å².